The Kier molecular flexibility index (Phi) is 5.51. The molecular weight excluding hydrogens is 268 g/mol. The Hall–Kier alpha value is 0.0969. The maximum absolute atomic E-state index is 9.59. The minimum Gasteiger partial charge on any atom is -0.413 e. The van der Waals surface area contributed by atoms with E-state index in [4.69, 9.17) is 9.16 Å². The first kappa shape index (κ1) is 18.1. The fourth-order valence-corrected chi connectivity index (χ4v) is 4.05. The smallest absolute Gasteiger partial charge is 0.192 e. The highest BCUT2D eigenvalue weighted by Gasteiger charge is 2.45. The van der Waals surface area contributed by atoms with Crippen molar-refractivity contribution in [2.75, 3.05) is 13.2 Å². The molecule has 0 aliphatic carbocycles. The Balaban J connectivity index is 2.87. The summed E-state index contributed by atoms with van der Waals surface area (Å²) in [5, 5.41) is 9.78. The van der Waals surface area contributed by atoms with Gasteiger partial charge in [-0.2, -0.15) is 0 Å². The zero-order chi connectivity index (χ0) is 15.8. The van der Waals surface area contributed by atoms with Crippen LogP contribution in [0, 0.1) is 11.8 Å². The Morgan fingerprint density at radius 2 is 1.90 bits per heavy atom. The minimum absolute atomic E-state index is 0.0606. The molecule has 0 amide bonds. The molecule has 0 bridgehead atoms. The topological polar surface area (TPSA) is 38.7 Å². The summed E-state index contributed by atoms with van der Waals surface area (Å²) in [5.74, 6) is 0.549. The van der Waals surface area contributed by atoms with Gasteiger partial charge >= 0.3 is 0 Å². The van der Waals surface area contributed by atoms with Gasteiger partial charge in [-0.3, -0.25) is 0 Å². The molecule has 0 unspecified atom stereocenters. The lowest BCUT2D eigenvalue weighted by Gasteiger charge is -2.42. The van der Waals surface area contributed by atoms with Crippen LogP contribution in [0.5, 0.6) is 0 Å². The Bertz CT molecular complexity index is 320. The molecule has 0 aromatic heterocycles. The molecule has 1 heterocycles. The van der Waals surface area contributed by atoms with E-state index in [1.807, 2.05) is 0 Å². The highest BCUT2D eigenvalue weighted by atomic mass is 28.4. The maximum Gasteiger partial charge on any atom is 0.192 e. The molecule has 0 saturated carbocycles. The van der Waals surface area contributed by atoms with E-state index < -0.39 is 8.32 Å². The third-order valence-corrected chi connectivity index (χ3v) is 9.47. The lowest BCUT2D eigenvalue weighted by molar-refractivity contribution is 0.0184. The Morgan fingerprint density at radius 3 is 2.25 bits per heavy atom. The largest absolute Gasteiger partial charge is 0.413 e. The Labute approximate surface area is 126 Å². The fourth-order valence-electron chi connectivity index (χ4n) is 2.59. The van der Waals surface area contributed by atoms with Gasteiger partial charge in [-0.25, -0.2) is 0 Å². The first-order chi connectivity index (χ1) is 8.89. The van der Waals surface area contributed by atoms with Crippen LogP contribution < -0.4 is 0 Å². The zero-order valence-electron chi connectivity index (χ0n) is 14.6. The summed E-state index contributed by atoms with van der Waals surface area (Å²) in [6.07, 6.45) is 1.11. The van der Waals surface area contributed by atoms with Crippen molar-refractivity contribution in [3.05, 3.63) is 0 Å². The van der Waals surface area contributed by atoms with Gasteiger partial charge in [-0.1, -0.05) is 27.7 Å². The second kappa shape index (κ2) is 6.07. The van der Waals surface area contributed by atoms with E-state index in [9.17, 15) is 5.11 Å². The highest BCUT2D eigenvalue weighted by Crippen LogP contribution is 2.41. The van der Waals surface area contributed by atoms with Gasteiger partial charge in [0.1, 0.15) is 0 Å². The van der Waals surface area contributed by atoms with E-state index in [0.717, 1.165) is 13.0 Å². The second-order valence-corrected chi connectivity index (χ2v) is 13.3. The van der Waals surface area contributed by atoms with Crippen LogP contribution in [0.2, 0.25) is 18.1 Å². The van der Waals surface area contributed by atoms with E-state index in [0.29, 0.717) is 5.92 Å². The van der Waals surface area contributed by atoms with E-state index in [-0.39, 0.29) is 29.3 Å². The normalized spacial score (nSPS) is 26.6. The van der Waals surface area contributed by atoms with Crippen molar-refractivity contribution < 1.29 is 14.3 Å². The molecule has 3 nitrogen and oxygen atoms in total. The molecule has 120 valence electrons. The number of hydrogen-bond donors (Lipinski definition) is 1. The van der Waals surface area contributed by atoms with Gasteiger partial charge in [0.05, 0.1) is 18.3 Å². The average Bonchev–Trinajstić information content (AvgIpc) is 2.64. The summed E-state index contributed by atoms with van der Waals surface area (Å²) in [6.45, 7) is 18.6. The second-order valence-electron chi connectivity index (χ2n) is 8.54. The van der Waals surface area contributed by atoms with Crippen LogP contribution >= 0.6 is 0 Å². The van der Waals surface area contributed by atoms with Crippen LogP contribution in [0.4, 0.5) is 0 Å². The first-order valence-corrected chi connectivity index (χ1v) is 10.7. The van der Waals surface area contributed by atoms with Crippen LogP contribution in [-0.4, -0.2) is 38.3 Å². The van der Waals surface area contributed by atoms with E-state index in [1.165, 1.54) is 0 Å². The molecule has 1 saturated heterocycles. The molecular formula is C16H34O3Si. The van der Waals surface area contributed by atoms with Gasteiger partial charge in [0.15, 0.2) is 8.32 Å². The molecule has 1 rings (SSSR count). The number of ether oxygens (including phenoxy) is 1. The Morgan fingerprint density at radius 1 is 1.35 bits per heavy atom. The number of rotatable bonds is 5. The van der Waals surface area contributed by atoms with Crippen molar-refractivity contribution in [3.63, 3.8) is 0 Å². The summed E-state index contributed by atoms with van der Waals surface area (Å²) in [6, 6.07) is 0. The van der Waals surface area contributed by atoms with Crippen molar-refractivity contribution in [2.45, 2.75) is 77.8 Å². The molecule has 0 aromatic carbocycles. The standard InChI is InChI=1S/C16H34O3Si/c1-12(10-17)14(13-9-16(5,6)18-11-13)19-20(7,8)15(2,3)4/h12-14,17H,9-11H2,1-8H3/t12-,13+,14+/m0/s1. The van der Waals surface area contributed by atoms with E-state index >= 15 is 0 Å². The molecule has 20 heavy (non-hydrogen) atoms. The molecule has 4 heteroatoms. The average molecular weight is 303 g/mol. The molecule has 1 aliphatic rings. The summed E-state index contributed by atoms with van der Waals surface area (Å²) < 4.78 is 12.5. The van der Waals surface area contributed by atoms with Crippen LogP contribution in [-0.2, 0) is 9.16 Å². The molecule has 0 aromatic rings. The number of aliphatic hydroxyl groups is 1. The van der Waals surface area contributed by atoms with Gasteiger partial charge in [-0.05, 0) is 38.4 Å². The predicted octanol–water partition coefficient (Wildman–Crippen LogP) is 3.82. The maximum atomic E-state index is 9.59. The van der Waals surface area contributed by atoms with Gasteiger partial charge in [0.2, 0.25) is 0 Å². The third-order valence-electron chi connectivity index (χ3n) is 4.99. The van der Waals surface area contributed by atoms with Crippen LogP contribution in [0.1, 0.15) is 48.0 Å². The SMILES string of the molecule is C[C@@H](CO)[C@@H](O[Si](C)(C)C(C)(C)C)[C@H]1COC(C)(C)C1. The number of hydrogen-bond acceptors (Lipinski definition) is 3. The third kappa shape index (κ3) is 4.29. The van der Waals surface area contributed by atoms with Crippen molar-refractivity contribution >= 4 is 8.32 Å². The quantitative estimate of drug-likeness (QED) is 0.785. The van der Waals surface area contributed by atoms with Gasteiger partial charge in [-0.15, -0.1) is 0 Å². The monoisotopic (exact) mass is 302 g/mol. The van der Waals surface area contributed by atoms with Crippen LogP contribution in [0.25, 0.3) is 0 Å². The van der Waals surface area contributed by atoms with Crippen molar-refractivity contribution in [1.82, 2.24) is 0 Å². The first-order valence-electron chi connectivity index (χ1n) is 7.82. The lowest BCUT2D eigenvalue weighted by atomic mass is 9.87. The summed E-state index contributed by atoms with van der Waals surface area (Å²) >= 11 is 0. The lowest BCUT2D eigenvalue weighted by Crippen LogP contribution is -2.48. The fraction of sp³-hybridized carbons (Fsp3) is 1.00. The van der Waals surface area contributed by atoms with E-state index in [2.05, 4.69) is 54.6 Å². The molecule has 1 N–H and O–H groups in total. The molecule has 1 fully saturated rings. The predicted molar refractivity (Wildman–Crippen MR) is 86.5 cm³/mol. The van der Waals surface area contributed by atoms with Crippen molar-refractivity contribution in [3.8, 4) is 0 Å². The molecule has 1 aliphatic heterocycles. The highest BCUT2D eigenvalue weighted by molar-refractivity contribution is 6.74. The van der Waals surface area contributed by atoms with Crippen LogP contribution in [0.15, 0.2) is 0 Å². The van der Waals surface area contributed by atoms with Gasteiger partial charge < -0.3 is 14.3 Å². The minimum atomic E-state index is -1.83. The summed E-state index contributed by atoms with van der Waals surface area (Å²) in [4.78, 5) is 0. The van der Waals surface area contributed by atoms with Crippen molar-refractivity contribution in [2.24, 2.45) is 11.8 Å². The molecule has 3 atom stereocenters. The summed E-state index contributed by atoms with van der Waals surface area (Å²) in [7, 11) is -1.83. The molecule has 0 spiro atoms. The van der Waals surface area contributed by atoms with Crippen molar-refractivity contribution in [1.29, 1.82) is 0 Å². The van der Waals surface area contributed by atoms with Gasteiger partial charge in [0.25, 0.3) is 0 Å². The zero-order valence-corrected chi connectivity index (χ0v) is 15.6. The van der Waals surface area contributed by atoms with Gasteiger partial charge in [0, 0.05) is 18.4 Å². The summed E-state index contributed by atoms with van der Waals surface area (Å²) in [5.41, 5.74) is -0.0606. The van der Waals surface area contributed by atoms with E-state index in [1.54, 1.807) is 0 Å². The number of aliphatic hydroxyl groups excluding tert-OH is 1. The molecule has 0 radical (unpaired) electrons. The van der Waals surface area contributed by atoms with Crippen LogP contribution in [0.3, 0.4) is 0 Å².